The molecule has 2 aliphatic heterocycles. The van der Waals surface area contributed by atoms with E-state index in [2.05, 4.69) is 43.9 Å². The molecule has 1 aromatic carbocycles. The number of amides is 2. The highest BCUT2D eigenvalue weighted by Crippen LogP contribution is 2.32. The van der Waals surface area contributed by atoms with Crippen molar-refractivity contribution in [3.63, 3.8) is 0 Å². The minimum absolute atomic E-state index is 0.0144. The summed E-state index contributed by atoms with van der Waals surface area (Å²) in [7, 11) is 0. The Kier molecular flexibility index (Phi) is 6.81. The van der Waals surface area contributed by atoms with Crippen molar-refractivity contribution in [1.29, 1.82) is 0 Å². The van der Waals surface area contributed by atoms with E-state index in [4.69, 9.17) is 10.8 Å². The molecule has 3 heterocycles. The Morgan fingerprint density at radius 2 is 1.72 bits per heavy atom. The van der Waals surface area contributed by atoms with Gasteiger partial charge < -0.3 is 20.4 Å². The third kappa shape index (κ3) is 4.63. The van der Waals surface area contributed by atoms with Gasteiger partial charge in [0.2, 0.25) is 5.91 Å². The van der Waals surface area contributed by atoms with Crippen molar-refractivity contribution in [2.24, 2.45) is 11.1 Å². The molecule has 3 aliphatic rings. The number of nitrogens with two attached hydrogens (primary N) is 1. The monoisotopic (exact) mass is 492 g/mol. The number of benzene rings is 1. The lowest BCUT2D eigenvalue weighted by molar-refractivity contribution is -0.132. The average Bonchev–Trinajstić information content (AvgIpc) is 3.50. The van der Waals surface area contributed by atoms with Crippen LogP contribution in [-0.4, -0.2) is 77.2 Å². The minimum Gasteiger partial charge on any atom is -0.368 e. The number of rotatable bonds is 5. The fraction of sp³-hybridized carbons (Fsp3) is 0.607. The Labute approximate surface area is 214 Å². The molecule has 194 valence electrons. The average molecular weight is 493 g/mol. The molecule has 1 aromatic heterocycles. The lowest BCUT2D eigenvalue weighted by Gasteiger charge is -2.38. The molecule has 2 saturated heterocycles. The van der Waals surface area contributed by atoms with Gasteiger partial charge in [0.05, 0.1) is 0 Å². The van der Waals surface area contributed by atoms with Crippen LogP contribution < -0.4 is 10.6 Å². The van der Waals surface area contributed by atoms with Crippen LogP contribution >= 0.6 is 0 Å². The number of anilines is 1. The van der Waals surface area contributed by atoms with Gasteiger partial charge in [-0.15, -0.1) is 0 Å². The molecule has 5 rings (SSSR count). The van der Waals surface area contributed by atoms with Gasteiger partial charge in [-0.3, -0.25) is 14.3 Å². The number of nitrogens with zero attached hydrogens (tertiary/aromatic N) is 5. The minimum atomic E-state index is 0.0144. The SMILES string of the molecule is Cc1cccc(N2CCN(C(=O)Cn3nc(C(=O)N4CCC(C)(CN)CC4)c4c3CCC4)CC2)c1C. The highest BCUT2D eigenvalue weighted by molar-refractivity contribution is 5.94. The van der Waals surface area contributed by atoms with Crippen molar-refractivity contribution in [2.45, 2.75) is 59.4 Å². The lowest BCUT2D eigenvalue weighted by atomic mass is 9.80. The zero-order valence-electron chi connectivity index (χ0n) is 22.1. The van der Waals surface area contributed by atoms with Gasteiger partial charge in [0.25, 0.3) is 5.91 Å². The number of piperidine rings is 1. The summed E-state index contributed by atoms with van der Waals surface area (Å²) in [6.45, 7) is 11.9. The number of hydrogen-bond donors (Lipinski definition) is 1. The van der Waals surface area contributed by atoms with E-state index < -0.39 is 0 Å². The van der Waals surface area contributed by atoms with Crippen LogP contribution in [0.4, 0.5) is 5.69 Å². The van der Waals surface area contributed by atoms with Gasteiger partial charge >= 0.3 is 0 Å². The van der Waals surface area contributed by atoms with Gasteiger partial charge in [0, 0.05) is 56.2 Å². The summed E-state index contributed by atoms with van der Waals surface area (Å²) >= 11 is 0. The van der Waals surface area contributed by atoms with Crippen LogP contribution in [-0.2, 0) is 24.2 Å². The molecule has 0 atom stereocenters. The summed E-state index contributed by atoms with van der Waals surface area (Å²) in [5, 5.41) is 4.72. The van der Waals surface area contributed by atoms with Crippen LogP contribution in [0, 0.1) is 19.3 Å². The maximum Gasteiger partial charge on any atom is 0.274 e. The molecule has 2 N–H and O–H groups in total. The van der Waals surface area contributed by atoms with Gasteiger partial charge in [-0.05, 0) is 75.1 Å². The molecule has 0 unspecified atom stereocenters. The first-order valence-electron chi connectivity index (χ1n) is 13.5. The van der Waals surface area contributed by atoms with E-state index in [0.717, 1.165) is 69.5 Å². The second-order valence-electron chi connectivity index (χ2n) is 11.2. The Hall–Kier alpha value is -2.87. The molecule has 0 radical (unpaired) electrons. The van der Waals surface area contributed by atoms with Gasteiger partial charge in [-0.25, -0.2) is 0 Å². The number of likely N-dealkylation sites (tertiary alicyclic amines) is 1. The fourth-order valence-corrected chi connectivity index (χ4v) is 5.92. The third-order valence-electron chi connectivity index (χ3n) is 8.79. The van der Waals surface area contributed by atoms with Gasteiger partial charge in [0.15, 0.2) is 5.69 Å². The molecule has 0 saturated carbocycles. The van der Waals surface area contributed by atoms with Crippen LogP contribution in [0.1, 0.15) is 59.1 Å². The first kappa shape index (κ1) is 24.8. The van der Waals surface area contributed by atoms with Crippen molar-refractivity contribution < 1.29 is 9.59 Å². The highest BCUT2D eigenvalue weighted by Gasteiger charge is 2.35. The summed E-state index contributed by atoms with van der Waals surface area (Å²) in [5.74, 6) is 0.101. The zero-order valence-corrected chi connectivity index (χ0v) is 22.1. The molecular weight excluding hydrogens is 452 g/mol. The predicted octanol–water partition coefficient (Wildman–Crippen LogP) is 2.54. The van der Waals surface area contributed by atoms with Gasteiger partial charge in [0.1, 0.15) is 6.54 Å². The molecule has 1 aliphatic carbocycles. The topological polar surface area (TPSA) is 87.7 Å². The Bertz CT molecular complexity index is 1140. The van der Waals surface area contributed by atoms with E-state index in [1.807, 2.05) is 14.5 Å². The zero-order chi connectivity index (χ0) is 25.4. The summed E-state index contributed by atoms with van der Waals surface area (Å²) in [6, 6.07) is 6.42. The van der Waals surface area contributed by atoms with Gasteiger partial charge in [-0.1, -0.05) is 19.1 Å². The molecular formula is C28H40N6O2. The predicted molar refractivity (Wildman–Crippen MR) is 141 cm³/mol. The van der Waals surface area contributed by atoms with E-state index in [0.29, 0.717) is 25.3 Å². The fourth-order valence-electron chi connectivity index (χ4n) is 5.92. The van der Waals surface area contributed by atoms with Crippen molar-refractivity contribution in [3.8, 4) is 0 Å². The summed E-state index contributed by atoms with van der Waals surface area (Å²) < 4.78 is 1.82. The third-order valence-corrected chi connectivity index (χ3v) is 8.79. The molecule has 2 fully saturated rings. The van der Waals surface area contributed by atoms with E-state index in [1.165, 1.54) is 16.8 Å². The summed E-state index contributed by atoms with van der Waals surface area (Å²) in [5.41, 5.74) is 12.6. The second-order valence-corrected chi connectivity index (χ2v) is 11.2. The largest absolute Gasteiger partial charge is 0.368 e. The van der Waals surface area contributed by atoms with E-state index in [1.54, 1.807) is 0 Å². The van der Waals surface area contributed by atoms with E-state index >= 15 is 0 Å². The maximum atomic E-state index is 13.4. The molecule has 2 aromatic rings. The first-order valence-corrected chi connectivity index (χ1v) is 13.5. The lowest BCUT2D eigenvalue weighted by Crippen LogP contribution is -2.50. The van der Waals surface area contributed by atoms with E-state index in [-0.39, 0.29) is 23.8 Å². The van der Waals surface area contributed by atoms with Crippen molar-refractivity contribution in [2.75, 3.05) is 50.7 Å². The standard InChI is InChI=1S/C28H40N6O2/c1-20-6-4-8-23(21(20)2)31-14-16-32(17-15-31)25(35)18-34-24-9-5-7-22(24)26(30-34)27(36)33-12-10-28(3,19-29)11-13-33/h4,6,8H,5,7,9-19,29H2,1-3H3. The number of aromatic nitrogens is 2. The number of fused-ring (bicyclic) bond motifs is 1. The van der Waals surface area contributed by atoms with Crippen molar-refractivity contribution >= 4 is 17.5 Å². The number of piperazine rings is 1. The molecule has 2 amide bonds. The normalized spacial score (nSPS) is 19.5. The first-order chi connectivity index (χ1) is 17.3. The Morgan fingerprint density at radius 3 is 2.42 bits per heavy atom. The van der Waals surface area contributed by atoms with Crippen LogP contribution in [0.15, 0.2) is 18.2 Å². The Morgan fingerprint density at radius 1 is 1.00 bits per heavy atom. The number of hydrogen-bond acceptors (Lipinski definition) is 5. The van der Waals surface area contributed by atoms with Gasteiger partial charge in [-0.2, -0.15) is 5.10 Å². The highest BCUT2D eigenvalue weighted by atomic mass is 16.2. The van der Waals surface area contributed by atoms with Crippen LogP contribution in [0.3, 0.4) is 0 Å². The summed E-state index contributed by atoms with van der Waals surface area (Å²) in [6.07, 6.45) is 4.61. The maximum absolute atomic E-state index is 13.4. The number of carbonyl (C=O) groups excluding carboxylic acids is 2. The van der Waals surface area contributed by atoms with Crippen molar-refractivity contribution in [3.05, 3.63) is 46.3 Å². The summed E-state index contributed by atoms with van der Waals surface area (Å²) in [4.78, 5) is 32.9. The van der Waals surface area contributed by atoms with Crippen LogP contribution in [0.5, 0.6) is 0 Å². The van der Waals surface area contributed by atoms with Crippen LogP contribution in [0.2, 0.25) is 0 Å². The molecule has 8 nitrogen and oxygen atoms in total. The second kappa shape index (κ2) is 9.88. The smallest absolute Gasteiger partial charge is 0.274 e. The number of carbonyl (C=O) groups is 2. The molecule has 0 spiro atoms. The molecule has 8 heteroatoms. The number of aryl methyl sites for hydroxylation is 1. The van der Waals surface area contributed by atoms with E-state index in [9.17, 15) is 9.59 Å². The molecule has 0 bridgehead atoms. The van der Waals surface area contributed by atoms with Crippen LogP contribution in [0.25, 0.3) is 0 Å². The molecule has 36 heavy (non-hydrogen) atoms. The quantitative estimate of drug-likeness (QED) is 0.693. The Balaban J connectivity index is 1.24. The van der Waals surface area contributed by atoms with Crippen molar-refractivity contribution in [1.82, 2.24) is 19.6 Å².